The molecule has 4 amide bonds. The number of carbonyl (C=O) groups excluding carboxylic acids is 7. The Morgan fingerprint density at radius 3 is 2.02 bits per heavy atom. The number of amides is 4. The Balaban J connectivity index is 0.541. The molecule has 7 heterocycles. The number of aliphatic hydroxyl groups is 2. The number of benzene rings is 2. The summed E-state index contributed by atoms with van der Waals surface area (Å²) in [6.45, 7) is 18.2. The predicted molar refractivity (Wildman–Crippen MR) is 493 cm³/mol. The maximum absolute atomic E-state index is 14.9. The van der Waals surface area contributed by atoms with Crippen LogP contribution in [0.2, 0.25) is 0 Å². The Labute approximate surface area is 779 Å². The van der Waals surface area contributed by atoms with Crippen molar-refractivity contribution < 1.29 is 119 Å². The summed E-state index contributed by atoms with van der Waals surface area (Å²) in [5.41, 5.74) is 27.2. The first-order chi connectivity index (χ1) is 64.2. The normalized spacial score (nSPS) is 26.2. The monoisotopic (exact) mass is 1860 g/mol. The molecule has 1 saturated carbocycles. The van der Waals surface area contributed by atoms with Gasteiger partial charge in [0.2, 0.25) is 17.6 Å². The van der Waals surface area contributed by atoms with Gasteiger partial charge >= 0.3 is 12.1 Å². The topological polar surface area (TPSA) is 477 Å². The smallest absolute Gasteiger partial charge is 0.407 e. The van der Waals surface area contributed by atoms with Crippen LogP contribution >= 0.6 is 0 Å². The number of ether oxygens (including phenoxy) is 15. The molecule has 1 aliphatic carbocycles. The van der Waals surface area contributed by atoms with Gasteiger partial charge in [-0.1, -0.05) is 82.4 Å². The largest absolute Gasteiger partial charge is 0.459 e. The van der Waals surface area contributed by atoms with Crippen LogP contribution in [0.3, 0.4) is 0 Å². The second-order valence-electron chi connectivity index (χ2n) is 35.1. The fourth-order valence-corrected chi connectivity index (χ4v) is 17.7. The molecule has 10 rings (SSSR count). The van der Waals surface area contributed by atoms with E-state index in [-0.39, 0.29) is 107 Å². The average Bonchev–Trinajstić information content (AvgIpc) is 1.65. The van der Waals surface area contributed by atoms with Crippen molar-refractivity contribution in [3.8, 4) is 11.3 Å². The minimum Gasteiger partial charge on any atom is -0.459 e. The van der Waals surface area contributed by atoms with E-state index in [4.69, 9.17) is 97.8 Å². The number of carbonyl (C=O) groups is 7. The van der Waals surface area contributed by atoms with Gasteiger partial charge in [0, 0.05) is 110 Å². The van der Waals surface area contributed by atoms with E-state index in [1.807, 2.05) is 85.9 Å². The number of cyclic esters (lactones) is 1. The number of nitrogens with zero attached hydrogens (tertiary/aromatic N) is 7. The van der Waals surface area contributed by atoms with Gasteiger partial charge in [-0.3, -0.25) is 24.0 Å². The molecule has 5 aliphatic rings. The van der Waals surface area contributed by atoms with Crippen LogP contribution < -0.4 is 27.8 Å². The Bertz CT molecular complexity index is 4660. The van der Waals surface area contributed by atoms with Crippen LogP contribution in [0, 0.1) is 29.6 Å². The number of Topliss-reactive ketones (excluding diaryl/α,β-unsaturated/α-hetero) is 2. The van der Waals surface area contributed by atoms with E-state index in [9.17, 15) is 43.8 Å². The number of nitrogen functional groups attached to an aromatic ring is 2. The fraction of sp³-hybridized carbons (Fsp3) is 0.656. The number of ketones is 2. The van der Waals surface area contributed by atoms with Crippen LogP contribution in [-0.4, -0.2) is 313 Å². The third kappa shape index (κ3) is 31.7. The number of rotatable bonds is 41. The summed E-state index contributed by atoms with van der Waals surface area (Å²) in [4.78, 5) is 113. The number of hydrogen-bond acceptors (Lipinski definition) is 32. The molecule has 736 valence electrons. The minimum atomic E-state index is -2.48. The van der Waals surface area contributed by atoms with Crippen molar-refractivity contribution in [2.24, 2.45) is 35.3 Å². The molecule has 2 bridgehead atoms. The summed E-state index contributed by atoms with van der Waals surface area (Å²) < 4.78 is 94.5. The molecule has 3 fully saturated rings. The van der Waals surface area contributed by atoms with Crippen molar-refractivity contribution in [1.29, 1.82) is 0 Å². The first-order valence-corrected chi connectivity index (χ1v) is 46.8. The lowest BCUT2D eigenvalue weighted by Gasteiger charge is -2.43. The number of aromatic nitrogens is 5. The van der Waals surface area contributed by atoms with E-state index >= 15 is 0 Å². The van der Waals surface area contributed by atoms with Crippen LogP contribution in [0.4, 0.5) is 16.6 Å². The number of fused-ring (bicyclic) bond motifs is 6. The molecular formula is C96H142N12O25. The lowest BCUT2D eigenvalue weighted by Crippen LogP contribution is -2.61. The number of methoxy groups -OCH3 is 4. The molecule has 2 saturated heterocycles. The number of piperidine rings is 1. The second-order valence-corrected chi connectivity index (χ2v) is 35.1. The molecule has 37 heteroatoms. The van der Waals surface area contributed by atoms with Gasteiger partial charge in [0.25, 0.3) is 17.7 Å². The molecule has 5 aromatic rings. The summed E-state index contributed by atoms with van der Waals surface area (Å²) in [7, 11) is 6.04. The minimum absolute atomic E-state index is 0.00498. The Morgan fingerprint density at radius 1 is 0.669 bits per heavy atom. The summed E-state index contributed by atoms with van der Waals surface area (Å²) >= 11 is 0. The number of allylic oxidation sites excluding steroid dienone is 5. The number of hydrogen-bond donors (Lipinski definition) is 7. The molecule has 0 unspecified atom stereocenters. The van der Waals surface area contributed by atoms with Gasteiger partial charge in [-0.05, 0) is 142 Å². The molecule has 133 heavy (non-hydrogen) atoms. The summed E-state index contributed by atoms with van der Waals surface area (Å²) in [6.07, 6.45) is 11.7. The quantitative estimate of drug-likeness (QED) is 0.00848. The number of alkyl carbamates (subject to hydrolysis) is 1. The average molecular weight is 1860 g/mol. The van der Waals surface area contributed by atoms with Crippen molar-refractivity contribution in [3.05, 3.63) is 107 Å². The standard InChI is InChI=1S/C96H142N12O25/c1-61-16-12-11-13-17-62(2)78(118-7)56-72-24-19-66(6)96(117,133-72)89(113)92(114)107-32-15-14-18-75(107)93(115)130-80(57-79(119-8)63(3)51-65(5)87(112)88(121-10)86(111)64(4)50-61)73(97)53-67-21-25-77(81(54-67)120-9)132-95(116)101-31-37-125-41-45-129-48-46-126-42-38-122-34-28-82(109)100-30-36-124-40-44-128-49-47-127-43-39-123-35-29-83(110)106-33-27-69-52-68(20-22-71(69)59-106)58-108-91-84(90(98)102-60-103-91)85(105-108)70-23-26-76-74(55-70)104-94(99)131-76/h11-13,16-17,20,22-23,26,51-52,55,60-61,63-64,66-67,72-73,75,77-81,87-88,112,117H,14-15,18-19,21,24-25,27-50,53-54,56-59,97H2,1-10H3,(H2,99,104)(H,100,109)(H,101,116)(H2,98,102,103)/b13-11?,16-12+,62-17?,65-51+/t61-,63-,64-,66-,67+,72+,73-,75+,77-,78+,79-,80+,81-,87-,88+,96-/m1/s1. The first kappa shape index (κ1) is 106. The Hall–Kier alpha value is -9.13. The predicted octanol–water partition coefficient (Wildman–Crippen LogP) is 7.83. The van der Waals surface area contributed by atoms with Gasteiger partial charge in [-0.15, -0.1) is 0 Å². The lowest BCUT2D eigenvalue weighted by molar-refractivity contribution is -0.265. The lowest BCUT2D eigenvalue weighted by atomic mass is 9.80. The van der Waals surface area contributed by atoms with E-state index in [2.05, 4.69) is 43.8 Å². The van der Waals surface area contributed by atoms with Crippen LogP contribution in [0.15, 0.2) is 94.7 Å². The number of anilines is 2. The van der Waals surface area contributed by atoms with E-state index in [1.54, 1.807) is 34.1 Å². The molecule has 3 aromatic heterocycles. The van der Waals surface area contributed by atoms with Crippen molar-refractivity contribution in [1.82, 2.24) is 45.2 Å². The molecular weight excluding hydrogens is 1720 g/mol. The fourth-order valence-electron chi connectivity index (χ4n) is 17.7. The third-order valence-electron chi connectivity index (χ3n) is 25.4. The maximum atomic E-state index is 14.9. The first-order valence-electron chi connectivity index (χ1n) is 46.8. The van der Waals surface area contributed by atoms with Gasteiger partial charge in [0.05, 0.1) is 148 Å². The van der Waals surface area contributed by atoms with Crippen LogP contribution in [0.5, 0.6) is 0 Å². The van der Waals surface area contributed by atoms with E-state index in [0.717, 1.165) is 28.7 Å². The number of esters is 1. The molecule has 2 aromatic carbocycles. The van der Waals surface area contributed by atoms with Crippen molar-refractivity contribution in [3.63, 3.8) is 0 Å². The van der Waals surface area contributed by atoms with Gasteiger partial charge in [0.15, 0.2) is 17.0 Å². The highest BCUT2D eigenvalue weighted by Crippen LogP contribution is 2.40. The van der Waals surface area contributed by atoms with Gasteiger partial charge in [0.1, 0.15) is 53.8 Å². The van der Waals surface area contributed by atoms with Gasteiger partial charge in [-0.2, -0.15) is 10.1 Å². The highest BCUT2D eigenvalue weighted by molar-refractivity contribution is 6.39. The third-order valence-corrected chi connectivity index (χ3v) is 25.4. The van der Waals surface area contributed by atoms with Crippen molar-refractivity contribution in [2.45, 2.75) is 218 Å². The molecule has 10 N–H and O–H groups in total. The number of oxazole rings is 1. The molecule has 4 aliphatic heterocycles. The number of nitrogens with two attached hydrogens (primary N) is 3. The van der Waals surface area contributed by atoms with E-state index < -0.39 is 108 Å². The zero-order valence-electron chi connectivity index (χ0n) is 79.0. The summed E-state index contributed by atoms with van der Waals surface area (Å²) in [5, 5.41) is 35.1. The van der Waals surface area contributed by atoms with Crippen molar-refractivity contribution >= 4 is 75.3 Å². The van der Waals surface area contributed by atoms with Gasteiger partial charge in [-0.25, -0.2) is 24.2 Å². The van der Waals surface area contributed by atoms with Crippen LogP contribution in [-0.2, 0) is 119 Å². The van der Waals surface area contributed by atoms with Crippen LogP contribution in [0.25, 0.3) is 33.4 Å². The molecule has 16 atom stereocenters. The summed E-state index contributed by atoms with van der Waals surface area (Å²) in [6, 6.07) is 9.88. The Kier molecular flexibility index (Phi) is 43.5. The highest BCUT2D eigenvalue weighted by Gasteiger charge is 2.53. The van der Waals surface area contributed by atoms with Crippen LogP contribution in [0.1, 0.15) is 148 Å². The van der Waals surface area contributed by atoms with Crippen molar-refractivity contribution in [2.75, 3.05) is 172 Å². The maximum Gasteiger partial charge on any atom is 0.407 e. The number of aliphatic hydroxyl groups excluding tert-OH is 1. The highest BCUT2D eigenvalue weighted by atomic mass is 16.6. The zero-order valence-corrected chi connectivity index (χ0v) is 79.0. The van der Waals surface area contributed by atoms with Gasteiger partial charge < -0.3 is 123 Å². The van der Waals surface area contributed by atoms with E-state index in [1.165, 1.54) is 31.0 Å². The van der Waals surface area contributed by atoms with E-state index in [0.29, 0.717) is 202 Å². The molecule has 0 spiro atoms. The zero-order chi connectivity index (χ0) is 95.4. The molecule has 0 radical (unpaired) electrons. The Morgan fingerprint density at radius 2 is 1.34 bits per heavy atom. The SMILES string of the molecule is CO[C@H]1C[C@@H]2CC[C@@H](C)[C@@](O)(O2)C(=O)C(=O)N2CCCC[C@H]2C(=O)O[C@H]([C@H](N)C[C@@H]2CC[C@@H](OC(=O)NCCOCCOCCOCCOCCC(=O)NCCOCCOCCOCCOCCC(=O)N3CCc4cc(Cn5nc(-c6ccc7oc(N)nc7c6)c6c(N)ncnc65)ccc4C3)[C@H](OC)C2)C[C@@H](OC)[C@H](C)/C=C(\C)[C@@H](O)[C@@H](OC)C(=O)[C@H](C)C[C@H](C)/C=C/C=CC=C1C. The molecule has 37 nitrogen and oxygen atoms in total. The summed E-state index contributed by atoms with van der Waals surface area (Å²) in [5.74, 6) is -7.28. The number of nitrogens with one attached hydrogen (secondary N) is 2. The second kappa shape index (κ2) is 54.6.